The van der Waals surface area contributed by atoms with Crippen molar-refractivity contribution in [1.82, 2.24) is 10.6 Å². The van der Waals surface area contributed by atoms with E-state index in [1.54, 1.807) is 11.3 Å². The van der Waals surface area contributed by atoms with E-state index in [1.165, 1.54) is 17.7 Å². The Kier molecular flexibility index (Phi) is 5.20. The van der Waals surface area contributed by atoms with Crippen molar-refractivity contribution in [2.45, 2.75) is 38.6 Å². The molecule has 0 aromatic carbocycles. The van der Waals surface area contributed by atoms with Crippen LogP contribution < -0.4 is 10.6 Å². The smallest absolute Gasteiger partial charge is 0.220 e. The molecule has 1 saturated heterocycles. The van der Waals surface area contributed by atoms with E-state index in [-0.39, 0.29) is 11.9 Å². The number of carbonyl (C=O) groups is 1. The lowest BCUT2D eigenvalue weighted by Crippen LogP contribution is -2.35. The fourth-order valence-electron chi connectivity index (χ4n) is 2.48. The highest BCUT2D eigenvalue weighted by molar-refractivity contribution is 7.10. The zero-order valence-electron chi connectivity index (χ0n) is 10.9. The number of hydrogen-bond acceptors (Lipinski definition) is 3. The average molecular weight is 266 g/mol. The fraction of sp³-hybridized carbons (Fsp3) is 0.643. The molecule has 2 N–H and O–H groups in total. The predicted octanol–water partition coefficient (Wildman–Crippen LogP) is 2.71. The summed E-state index contributed by atoms with van der Waals surface area (Å²) >= 11 is 1.72. The number of nitrogens with one attached hydrogen (secondary N) is 2. The van der Waals surface area contributed by atoms with Crippen LogP contribution in [-0.2, 0) is 4.79 Å². The third kappa shape index (κ3) is 3.82. The van der Waals surface area contributed by atoms with E-state index in [4.69, 9.17) is 0 Å². The summed E-state index contributed by atoms with van der Waals surface area (Å²) in [5.74, 6) is 0.712. The number of amides is 1. The highest BCUT2D eigenvalue weighted by atomic mass is 32.1. The molecule has 1 aliphatic heterocycles. The zero-order chi connectivity index (χ0) is 12.8. The highest BCUT2D eigenvalue weighted by Gasteiger charge is 2.19. The molecule has 3 nitrogen and oxygen atoms in total. The summed E-state index contributed by atoms with van der Waals surface area (Å²) in [4.78, 5) is 13.3. The molecule has 2 unspecified atom stereocenters. The molecular formula is C14H22N2OS. The molecule has 0 spiro atoms. The van der Waals surface area contributed by atoms with Gasteiger partial charge in [-0.2, -0.15) is 0 Å². The second-order valence-electron chi connectivity index (χ2n) is 4.96. The Labute approximate surface area is 113 Å². The van der Waals surface area contributed by atoms with Gasteiger partial charge in [0.1, 0.15) is 0 Å². The lowest BCUT2D eigenvalue weighted by Gasteiger charge is -2.23. The van der Waals surface area contributed by atoms with Crippen LogP contribution in [-0.4, -0.2) is 19.0 Å². The molecule has 18 heavy (non-hydrogen) atoms. The molecule has 0 saturated carbocycles. The molecule has 0 aliphatic carbocycles. The molecule has 1 amide bonds. The summed E-state index contributed by atoms with van der Waals surface area (Å²) in [5, 5.41) is 8.58. The van der Waals surface area contributed by atoms with Gasteiger partial charge in [0, 0.05) is 11.3 Å². The number of hydrogen-bond donors (Lipinski definition) is 2. The molecular weight excluding hydrogens is 244 g/mol. The quantitative estimate of drug-likeness (QED) is 0.860. The monoisotopic (exact) mass is 266 g/mol. The number of thiophene rings is 1. The van der Waals surface area contributed by atoms with Crippen molar-refractivity contribution in [3.8, 4) is 0 Å². The minimum absolute atomic E-state index is 0.189. The van der Waals surface area contributed by atoms with E-state index in [9.17, 15) is 4.79 Å². The topological polar surface area (TPSA) is 41.1 Å². The molecule has 0 radical (unpaired) electrons. The summed E-state index contributed by atoms with van der Waals surface area (Å²) in [7, 11) is 0. The third-order valence-corrected chi connectivity index (χ3v) is 4.49. The van der Waals surface area contributed by atoms with Crippen LogP contribution in [0.3, 0.4) is 0 Å². The van der Waals surface area contributed by atoms with Crippen LogP contribution in [0.25, 0.3) is 0 Å². The van der Waals surface area contributed by atoms with Crippen LogP contribution in [0.15, 0.2) is 17.5 Å². The van der Waals surface area contributed by atoms with Crippen LogP contribution in [0, 0.1) is 5.92 Å². The van der Waals surface area contributed by atoms with Crippen molar-refractivity contribution >= 4 is 17.2 Å². The van der Waals surface area contributed by atoms with Crippen molar-refractivity contribution in [1.29, 1.82) is 0 Å². The average Bonchev–Trinajstić information content (AvgIpc) is 2.91. The summed E-state index contributed by atoms with van der Waals surface area (Å²) in [6, 6.07) is 4.33. The number of piperidine rings is 1. The van der Waals surface area contributed by atoms with Crippen LogP contribution in [0.1, 0.15) is 43.5 Å². The molecule has 2 atom stereocenters. The summed E-state index contributed by atoms with van der Waals surface area (Å²) in [6.07, 6.45) is 3.99. The normalized spacial score (nSPS) is 21.5. The largest absolute Gasteiger partial charge is 0.348 e. The fourth-order valence-corrected chi connectivity index (χ4v) is 3.34. The van der Waals surface area contributed by atoms with Crippen molar-refractivity contribution in [3.63, 3.8) is 0 Å². The van der Waals surface area contributed by atoms with E-state index >= 15 is 0 Å². The van der Waals surface area contributed by atoms with Gasteiger partial charge in [0.05, 0.1) is 6.04 Å². The van der Waals surface area contributed by atoms with Gasteiger partial charge < -0.3 is 10.6 Å². The lowest BCUT2D eigenvalue weighted by molar-refractivity contribution is -0.122. The first kappa shape index (κ1) is 13.6. The molecule has 2 rings (SSSR count). The summed E-state index contributed by atoms with van der Waals surface area (Å²) < 4.78 is 0. The molecule has 1 fully saturated rings. The van der Waals surface area contributed by atoms with Crippen LogP contribution >= 0.6 is 11.3 Å². The maximum atomic E-state index is 12.0. The number of rotatable bonds is 5. The van der Waals surface area contributed by atoms with E-state index in [0.717, 1.165) is 19.5 Å². The second-order valence-corrected chi connectivity index (χ2v) is 5.94. The first-order valence-electron chi connectivity index (χ1n) is 6.83. The molecule has 1 aromatic rings. The maximum Gasteiger partial charge on any atom is 0.220 e. The van der Waals surface area contributed by atoms with Gasteiger partial charge in [-0.1, -0.05) is 13.0 Å². The molecule has 2 heterocycles. The zero-order valence-corrected chi connectivity index (χ0v) is 11.8. The van der Waals surface area contributed by atoms with Gasteiger partial charge in [-0.25, -0.2) is 0 Å². The van der Waals surface area contributed by atoms with Gasteiger partial charge >= 0.3 is 0 Å². The van der Waals surface area contributed by atoms with E-state index in [2.05, 4.69) is 29.0 Å². The van der Waals surface area contributed by atoms with Crippen molar-refractivity contribution in [3.05, 3.63) is 22.4 Å². The Hall–Kier alpha value is -0.870. The van der Waals surface area contributed by atoms with Gasteiger partial charge in [-0.3, -0.25) is 4.79 Å². The number of carbonyl (C=O) groups excluding carboxylic acids is 1. The van der Waals surface area contributed by atoms with Gasteiger partial charge in [0.25, 0.3) is 0 Å². The van der Waals surface area contributed by atoms with Crippen molar-refractivity contribution in [2.24, 2.45) is 5.92 Å². The Morgan fingerprint density at radius 1 is 1.67 bits per heavy atom. The van der Waals surface area contributed by atoms with Crippen molar-refractivity contribution < 1.29 is 4.79 Å². The summed E-state index contributed by atoms with van der Waals surface area (Å²) in [5.41, 5.74) is 0. The van der Waals surface area contributed by atoms with Crippen LogP contribution in [0.2, 0.25) is 0 Å². The first-order valence-corrected chi connectivity index (χ1v) is 7.71. The van der Waals surface area contributed by atoms with E-state index in [0.29, 0.717) is 12.3 Å². The SMILES string of the molecule is CCC(NC(=O)CC1CCCNC1)c1cccs1. The molecule has 0 bridgehead atoms. The lowest BCUT2D eigenvalue weighted by atomic mass is 9.95. The third-order valence-electron chi connectivity index (χ3n) is 3.50. The Balaban J connectivity index is 1.82. The Morgan fingerprint density at radius 3 is 3.17 bits per heavy atom. The van der Waals surface area contributed by atoms with Crippen LogP contribution in [0.5, 0.6) is 0 Å². The second kappa shape index (κ2) is 6.90. The molecule has 1 aromatic heterocycles. The summed E-state index contributed by atoms with van der Waals surface area (Å²) in [6.45, 7) is 4.21. The predicted molar refractivity (Wildman–Crippen MR) is 75.7 cm³/mol. The van der Waals surface area contributed by atoms with Gasteiger partial charge in [0.2, 0.25) is 5.91 Å². The Morgan fingerprint density at radius 2 is 2.56 bits per heavy atom. The molecule has 1 aliphatic rings. The minimum atomic E-state index is 0.189. The minimum Gasteiger partial charge on any atom is -0.348 e. The van der Waals surface area contributed by atoms with Gasteiger partial charge in [-0.05, 0) is 49.7 Å². The van der Waals surface area contributed by atoms with Crippen molar-refractivity contribution in [2.75, 3.05) is 13.1 Å². The molecule has 100 valence electrons. The van der Waals surface area contributed by atoms with Crippen LogP contribution in [0.4, 0.5) is 0 Å². The maximum absolute atomic E-state index is 12.0. The van der Waals surface area contributed by atoms with Gasteiger partial charge in [0.15, 0.2) is 0 Å². The Bertz CT molecular complexity index is 358. The van der Waals surface area contributed by atoms with E-state index < -0.39 is 0 Å². The van der Waals surface area contributed by atoms with E-state index in [1.807, 2.05) is 6.07 Å². The standard InChI is InChI=1S/C14H22N2OS/c1-2-12(13-6-4-8-18-13)16-14(17)9-11-5-3-7-15-10-11/h4,6,8,11-12,15H,2-3,5,7,9-10H2,1H3,(H,16,17). The molecule has 4 heteroatoms. The van der Waals surface area contributed by atoms with Gasteiger partial charge in [-0.15, -0.1) is 11.3 Å². The highest BCUT2D eigenvalue weighted by Crippen LogP contribution is 2.22. The first-order chi connectivity index (χ1) is 8.79.